The molecule has 0 bridgehead atoms. The van der Waals surface area contributed by atoms with Gasteiger partial charge in [0.1, 0.15) is 11.0 Å². The van der Waals surface area contributed by atoms with E-state index in [1.165, 1.54) is 20.8 Å². The van der Waals surface area contributed by atoms with Crippen LogP contribution in [0.15, 0.2) is 4.47 Å². The predicted octanol–water partition coefficient (Wildman–Crippen LogP) is 4.21. The van der Waals surface area contributed by atoms with Crippen LogP contribution in [0.5, 0.6) is 0 Å². The van der Waals surface area contributed by atoms with Crippen molar-refractivity contribution >= 4 is 50.1 Å². The molecule has 2 heterocycles. The van der Waals surface area contributed by atoms with Crippen LogP contribution in [0.1, 0.15) is 63.3 Å². The minimum absolute atomic E-state index is 0.0178. The topological polar surface area (TPSA) is 116 Å². The first kappa shape index (κ1) is 24.9. The maximum Gasteiger partial charge on any atom is 0.436 e. The highest BCUT2D eigenvalue weighted by atomic mass is 79.9. The second-order valence-electron chi connectivity index (χ2n) is 6.62. The molecule has 13 heteroatoms. The Morgan fingerprint density at radius 2 is 1.94 bits per heavy atom. The lowest BCUT2D eigenvalue weighted by atomic mass is 10.1. The van der Waals surface area contributed by atoms with Gasteiger partial charge in [0.2, 0.25) is 5.91 Å². The van der Waals surface area contributed by atoms with E-state index < -0.39 is 35.7 Å². The number of halogens is 4. The number of hydrogen-bond donors (Lipinski definition) is 2. The molecule has 170 valence electrons. The van der Waals surface area contributed by atoms with Crippen molar-refractivity contribution in [3.8, 4) is 0 Å². The molecular weight excluding hydrogens is 505 g/mol. The van der Waals surface area contributed by atoms with Crippen LogP contribution in [-0.2, 0) is 15.7 Å². The first-order valence-corrected chi connectivity index (χ1v) is 10.6. The predicted molar refractivity (Wildman–Crippen MR) is 111 cm³/mol. The first-order valence-electron chi connectivity index (χ1n) is 9.04. The average Bonchev–Trinajstić information content (AvgIpc) is 3.16. The Kier molecular flexibility index (Phi) is 7.53. The van der Waals surface area contributed by atoms with Crippen molar-refractivity contribution in [2.75, 3.05) is 11.9 Å². The standard InChI is InChI=1S/C18H20BrF3N4O4S/c1-5-6-30-17(29)10-7(2)12(14(23)27)31-16(10)24-15(28)9(4)26-8(3)11(19)13(25-26)18(20,21)22/h9H,5-6H2,1-4H3,(H2,23,27)(H,24,28). The van der Waals surface area contributed by atoms with Crippen LogP contribution in [-0.4, -0.2) is 34.2 Å². The number of thiophene rings is 1. The van der Waals surface area contributed by atoms with Crippen molar-refractivity contribution in [1.29, 1.82) is 0 Å². The lowest BCUT2D eigenvalue weighted by molar-refractivity contribution is -0.142. The molecule has 2 rings (SSSR count). The molecule has 0 aliphatic heterocycles. The van der Waals surface area contributed by atoms with Gasteiger partial charge in [-0.3, -0.25) is 14.3 Å². The van der Waals surface area contributed by atoms with Crippen molar-refractivity contribution in [2.24, 2.45) is 5.73 Å². The van der Waals surface area contributed by atoms with Crippen molar-refractivity contribution in [2.45, 2.75) is 46.3 Å². The van der Waals surface area contributed by atoms with E-state index in [1.807, 2.05) is 0 Å². The monoisotopic (exact) mass is 524 g/mol. The average molecular weight is 525 g/mol. The maximum absolute atomic E-state index is 13.1. The summed E-state index contributed by atoms with van der Waals surface area (Å²) < 4.78 is 45.1. The molecule has 0 saturated carbocycles. The van der Waals surface area contributed by atoms with E-state index in [9.17, 15) is 27.6 Å². The molecule has 1 atom stereocenters. The van der Waals surface area contributed by atoms with E-state index in [0.29, 0.717) is 6.42 Å². The van der Waals surface area contributed by atoms with Gasteiger partial charge in [0.05, 0.1) is 27.2 Å². The van der Waals surface area contributed by atoms with E-state index in [2.05, 4.69) is 26.3 Å². The fraction of sp³-hybridized carbons (Fsp3) is 0.444. The molecule has 0 aromatic carbocycles. The lowest BCUT2D eigenvalue weighted by Crippen LogP contribution is -2.26. The molecule has 2 aromatic heterocycles. The van der Waals surface area contributed by atoms with Crippen LogP contribution in [0, 0.1) is 13.8 Å². The molecule has 0 saturated heterocycles. The van der Waals surface area contributed by atoms with Crippen LogP contribution < -0.4 is 11.1 Å². The fourth-order valence-electron chi connectivity index (χ4n) is 2.73. The van der Waals surface area contributed by atoms with Gasteiger partial charge in [-0.05, 0) is 48.7 Å². The summed E-state index contributed by atoms with van der Waals surface area (Å²) in [4.78, 5) is 37.0. The van der Waals surface area contributed by atoms with Gasteiger partial charge in [-0.2, -0.15) is 18.3 Å². The third-order valence-corrected chi connectivity index (χ3v) is 6.51. The summed E-state index contributed by atoms with van der Waals surface area (Å²) in [6, 6.07) is -1.16. The van der Waals surface area contributed by atoms with Crippen molar-refractivity contribution in [1.82, 2.24) is 9.78 Å². The number of nitrogens with one attached hydrogen (secondary N) is 1. The SMILES string of the molecule is CCCOC(=O)c1c(NC(=O)C(C)n2nc(C(F)(F)F)c(Br)c2C)sc(C(N)=O)c1C. The van der Waals surface area contributed by atoms with Gasteiger partial charge in [-0.25, -0.2) is 4.79 Å². The molecule has 0 aliphatic carbocycles. The van der Waals surface area contributed by atoms with Crippen LogP contribution in [0.3, 0.4) is 0 Å². The molecule has 0 aliphatic rings. The van der Waals surface area contributed by atoms with Crippen molar-refractivity contribution in [3.05, 3.63) is 31.9 Å². The van der Waals surface area contributed by atoms with Crippen LogP contribution in [0.25, 0.3) is 0 Å². The summed E-state index contributed by atoms with van der Waals surface area (Å²) in [5, 5.41) is 6.02. The molecule has 1 unspecified atom stereocenters. The van der Waals surface area contributed by atoms with Gasteiger partial charge >= 0.3 is 12.1 Å². The molecule has 8 nitrogen and oxygen atoms in total. The van der Waals surface area contributed by atoms with Crippen LogP contribution in [0.2, 0.25) is 0 Å². The number of esters is 1. The van der Waals surface area contributed by atoms with E-state index in [-0.39, 0.29) is 37.8 Å². The minimum Gasteiger partial charge on any atom is -0.462 e. The number of rotatable bonds is 7. The maximum atomic E-state index is 13.1. The Balaban J connectivity index is 2.40. The van der Waals surface area contributed by atoms with E-state index in [4.69, 9.17) is 10.5 Å². The summed E-state index contributed by atoms with van der Waals surface area (Å²) in [7, 11) is 0. The second-order valence-corrected chi connectivity index (χ2v) is 8.43. The zero-order chi connectivity index (χ0) is 23.7. The summed E-state index contributed by atoms with van der Waals surface area (Å²) in [5.74, 6) is -2.28. The summed E-state index contributed by atoms with van der Waals surface area (Å²) >= 11 is 3.65. The molecule has 3 N–H and O–H groups in total. The van der Waals surface area contributed by atoms with Crippen LogP contribution >= 0.6 is 27.3 Å². The number of aromatic nitrogens is 2. The highest BCUT2D eigenvalue weighted by Gasteiger charge is 2.39. The molecule has 2 amide bonds. The van der Waals surface area contributed by atoms with Gasteiger partial charge in [0, 0.05) is 0 Å². The Labute approximate surface area is 188 Å². The zero-order valence-electron chi connectivity index (χ0n) is 17.0. The highest BCUT2D eigenvalue weighted by molar-refractivity contribution is 9.10. The van der Waals surface area contributed by atoms with Crippen LogP contribution in [0.4, 0.5) is 18.2 Å². The van der Waals surface area contributed by atoms with Gasteiger partial charge in [0.25, 0.3) is 5.91 Å². The number of hydrogen-bond acceptors (Lipinski definition) is 6. The molecule has 0 radical (unpaired) electrons. The Hall–Kier alpha value is -2.41. The zero-order valence-corrected chi connectivity index (χ0v) is 19.4. The van der Waals surface area contributed by atoms with E-state index >= 15 is 0 Å². The fourth-order valence-corrected chi connectivity index (χ4v) is 4.27. The third kappa shape index (κ3) is 5.09. The summed E-state index contributed by atoms with van der Waals surface area (Å²) in [6.07, 6.45) is -4.15. The number of primary amides is 1. The normalized spacial score (nSPS) is 12.5. The minimum atomic E-state index is -4.71. The van der Waals surface area contributed by atoms with Gasteiger partial charge in [-0.1, -0.05) is 6.92 Å². The number of amides is 2. The first-order chi connectivity index (χ1) is 14.3. The summed E-state index contributed by atoms with van der Waals surface area (Å²) in [5.41, 5.74) is 4.50. The Morgan fingerprint density at radius 3 is 2.42 bits per heavy atom. The number of carbonyl (C=O) groups excluding carboxylic acids is 3. The lowest BCUT2D eigenvalue weighted by Gasteiger charge is -2.15. The number of anilines is 1. The number of ether oxygens (including phenoxy) is 1. The molecule has 2 aromatic rings. The number of carbonyl (C=O) groups is 3. The quantitative estimate of drug-likeness (QED) is 0.526. The highest BCUT2D eigenvalue weighted by Crippen LogP contribution is 2.37. The molecule has 31 heavy (non-hydrogen) atoms. The van der Waals surface area contributed by atoms with Gasteiger partial charge in [0.15, 0.2) is 5.69 Å². The number of nitrogens with two attached hydrogens (primary N) is 1. The Bertz CT molecular complexity index is 1030. The molecule has 0 fully saturated rings. The molecule has 0 spiro atoms. The van der Waals surface area contributed by atoms with Gasteiger partial charge in [-0.15, -0.1) is 11.3 Å². The van der Waals surface area contributed by atoms with Gasteiger partial charge < -0.3 is 15.8 Å². The number of nitrogens with zero attached hydrogens (tertiary/aromatic N) is 2. The Morgan fingerprint density at radius 1 is 1.32 bits per heavy atom. The van der Waals surface area contributed by atoms with E-state index in [1.54, 1.807) is 6.92 Å². The summed E-state index contributed by atoms with van der Waals surface area (Å²) in [6.45, 7) is 6.15. The van der Waals surface area contributed by atoms with Crippen molar-refractivity contribution < 1.29 is 32.3 Å². The second kappa shape index (κ2) is 9.39. The third-order valence-electron chi connectivity index (χ3n) is 4.34. The number of alkyl halides is 3. The van der Waals surface area contributed by atoms with Crippen molar-refractivity contribution in [3.63, 3.8) is 0 Å². The largest absolute Gasteiger partial charge is 0.462 e. The van der Waals surface area contributed by atoms with E-state index in [0.717, 1.165) is 16.0 Å². The smallest absolute Gasteiger partial charge is 0.436 e. The molecular formula is C18H20BrF3N4O4S.